The lowest BCUT2D eigenvalue weighted by molar-refractivity contribution is -0.143. The number of hydrogen-bond donors (Lipinski definition) is 11. The van der Waals surface area contributed by atoms with Crippen molar-refractivity contribution in [1.29, 1.82) is 0 Å². The third-order valence-electron chi connectivity index (χ3n) is 11.3. The van der Waals surface area contributed by atoms with E-state index in [1.165, 1.54) is 41.3 Å². The maximum atomic E-state index is 14.5. The maximum Gasteiger partial charge on any atom is 0.326 e. The molecular formula is C45H69FN12O8. The molecule has 2 aromatic carbocycles. The Morgan fingerprint density at radius 2 is 1.42 bits per heavy atom. The monoisotopic (exact) mass is 924 g/mol. The van der Waals surface area contributed by atoms with Crippen LogP contribution in [-0.4, -0.2) is 125 Å². The van der Waals surface area contributed by atoms with E-state index in [1.807, 2.05) is 20.8 Å². The number of hydrogen-bond acceptors (Lipinski definition) is 10. The van der Waals surface area contributed by atoms with Crippen molar-refractivity contribution in [2.45, 2.75) is 122 Å². The number of aliphatic imine (C=N–C) groups is 2. The Balaban J connectivity index is 1.89. The van der Waals surface area contributed by atoms with E-state index in [-0.39, 0.29) is 81.0 Å². The van der Waals surface area contributed by atoms with E-state index in [2.05, 4.69) is 36.6 Å². The molecule has 0 saturated carbocycles. The average Bonchev–Trinajstić information content (AvgIpc) is 3.76. The van der Waals surface area contributed by atoms with Crippen LogP contribution in [0.1, 0.15) is 95.0 Å². The zero-order chi connectivity index (χ0) is 48.9. The molecule has 21 heteroatoms. The molecule has 0 unspecified atom stereocenters. The highest BCUT2D eigenvalue weighted by molar-refractivity contribution is 5.96. The summed E-state index contributed by atoms with van der Waals surface area (Å²) in [5, 5.41) is 34.1. The van der Waals surface area contributed by atoms with Crippen molar-refractivity contribution in [3.63, 3.8) is 0 Å². The Bertz CT molecular complexity index is 1980. The van der Waals surface area contributed by atoms with E-state index in [0.29, 0.717) is 37.7 Å². The van der Waals surface area contributed by atoms with Gasteiger partial charge in [-0.1, -0.05) is 46.2 Å². The molecular weight excluding hydrogens is 855 g/mol. The molecule has 0 spiro atoms. The van der Waals surface area contributed by atoms with E-state index < -0.39 is 83.5 Å². The van der Waals surface area contributed by atoms with Gasteiger partial charge < -0.3 is 64.6 Å². The fraction of sp³-hybridized carbons (Fsp3) is 0.556. The Morgan fingerprint density at radius 3 is 2.00 bits per heavy atom. The molecule has 1 aliphatic rings. The molecule has 15 N–H and O–H groups in total. The number of amides is 5. The number of nitrogens with zero attached hydrogens (tertiary/aromatic N) is 3. The van der Waals surface area contributed by atoms with Crippen LogP contribution in [0.5, 0.6) is 5.75 Å². The van der Waals surface area contributed by atoms with Crippen LogP contribution >= 0.6 is 0 Å². The van der Waals surface area contributed by atoms with Gasteiger partial charge in [-0.25, -0.2) is 9.18 Å². The Labute approximate surface area is 385 Å². The number of carbonyl (C=O) groups is 6. The first-order valence-electron chi connectivity index (χ1n) is 22.4. The summed E-state index contributed by atoms with van der Waals surface area (Å²) >= 11 is 0. The van der Waals surface area contributed by atoms with Crippen LogP contribution in [0.3, 0.4) is 0 Å². The number of carboxylic acid groups (broad SMARTS) is 1. The van der Waals surface area contributed by atoms with Crippen molar-refractivity contribution in [3.8, 4) is 5.75 Å². The second-order valence-corrected chi connectivity index (χ2v) is 17.1. The minimum atomic E-state index is -1.26. The minimum absolute atomic E-state index is 0.0132. The lowest BCUT2D eigenvalue weighted by Gasteiger charge is -2.31. The maximum absolute atomic E-state index is 14.5. The molecule has 0 bridgehead atoms. The molecule has 364 valence electrons. The van der Waals surface area contributed by atoms with Gasteiger partial charge in [0.25, 0.3) is 5.91 Å². The largest absolute Gasteiger partial charge is 0.508 e. The molecule has 20 nitrogen and oxygen atoms in total. The highest BCUT2D eigenvalue weighted by Gasteiger charge is 2.39. The van der Waals surface area contributed by atoms with Crippen molar-refractivity contribution in [2.24, 2.45) is 44.8 Å². The standard InChI is InChI=1S/C45H69FN12O8/c1-5-27(4)37(41(63)56-35(43(65)66)23-26(2)3)57-39(61)34(24-28-12-18-32(59)19-13-28)55-40(62)36-11-8-22-58(36)42(64)33(10-7-21-52-45(49)50)53-25-31(9-6-20-51-44(47)48)54-38(60)29-14-16-30(46)17-15-29/h12-19,26-27,31,33-37,53,59H,5-11,20-25H2,1-4H3,(H,54,60)(H,55,62)(H,56,63)(H,57,61)(H,65,66)(H4,47,48,51)(H4,49,50,52)/t27-,31-,33-,34-,35-,36-,37-/m0/s1/i46-1. The quantitative estimate of drug-likeness (QED) is 0.0332. The summed E-state index contributed by atoms with van der Waals surface area (Å²) in [6.07, 6.45) is 2.77. The molecule has 1 fully saturated rings. The molecule has 1 heterocycles. The van der Waals surface area contributed by atoms with Crippen LogP contribution in [0, 0.1) is 17.7 Å². The molecule has 5 amide bonds. The Kier molecular flexibility index (Phi) is 22.1. The van der Waals surface area contributed by atoms with E-state index in [0.717, 1.165) is 0 Å². The molecule has 0 aliphatic carbocycles. The average molecular weight is 924 g/mol. The smallest absolute Gasteiger partial charge is 0.326 e. The molecule has 1 aliphatic heterocycles. The van der Waals surface area contributed by atoms with Gasteiger partial charge in [-0.3, -0.25) is 34.0 Å². The first-order chi connectivity index (χ1) is 31.3. The van der Waals surface area contributed by atoms with Gasteiger partial charge in [-0.15, -0.1) is 0 Å². The third-order valence-corrected chi connectivity index (χ3v) is 11.3. The lowest BCUT2D eigenvalue weighted by atomic mass is 9.96. The number of nitrogens with one attached hydrogen (secondary N) is 5. The van der Waals surface area contributed by atoms with Crippen molar-refractivity contribution >= 4 is 47.4 Å². The van der Waals surface area contributed by atoms with Gasteiger partial charge in [0.1, 0.15) is 35.7 Å². The number of guanidine groups is 2. The normalized spacial score (nSPS) is 16.2. The fourth-order valence-electron chi connectivity index (χ4n) is 7.50. The number of rotatable bonds is 27. The lowest BCUT2D eigenvalue weighted by Crippen LogP contribution is -2.60. The predicted molar refractivity (Wildman–Crippen MR) is 248 cm³/mol. The first kappa shape index (κ1) is 53.8. The second-order valence-electron chi connectivity index (χ2n) is 17.1. The SMILES string of the molecule is CC[C@H](C)[C@H](NC(=O)[C@H](Cc1ccc(O)cc1)NC(=O)[C@@H]1CCCN1C(=O)[C@H](CCCN=C(N)N)NC[C@H](CCCN=C(N)N)NC(=O)c1ccc([18F])cc1)C(=O)N[C@@H](CC(C)C)C(=O)O. The van der Waals surface area contributed by atoms with E-state index in [4.69, 9.17) is 22.9 Å². The van der Waals surface area contributed by atoms with Crippen molar-refractivity contribution in [2.75, 3.05) is 26.2 Å². The number of aliphatic carboxylic acids is 1. The molecule has 2 aromatic rings. The van der Waals surface area contributed by atoms with Crippen LogP contribution in [0.15, 0.2) is 58.5 Å². The van der Waals surface area contributed by atoms with Crippen LogP contribution in [0.4, 0.5) is 4.39 Å². The highest BCUT2D eigenvalue weighted by Crippen LogP contribution is 2.21. The van der Waals surface area contributed by atoms with Crippen LogP contribution in [0.2, 0.25) is 0 Å². The molecule has 0 aromatic heterocycles. The topological polar surface area (TPSA) is 335 Å². The summed E-state index contributed by atoms with van der Waals surface area (Å²) in [6, 6.07) is 5.07. The van der Waals surface area contributed by atoms with Gasteiger partial charge in [0.15, 0.2) is 11.9 Å². The Hall–Kier alpha value is -6.51. The molecule has 7 atom stereocenters. The number of carbonyl (C=O) groups excluding carboxylic acids is 5. The predicted octanol–water partition coefficient (Wildman–Crippen LogP) is 0.560. The molecule has 3 rings (SSSR count). The summed E-state index contributed by atoms with van der Waals surface area (Å²) in [6.45, 7) is 8.03. The second kappa shape index (κ2) is 27.1. The van der Waals surface area contributed by atoms with Crippen molar-refractivity contribution in [1.82, 2.24) is 31.5 Å². The number of phenols is 1. The number of likely N-dealkylation sites (tertiary alicyclic amines) is 1. The molecule has 0 radical (unpaired) electrons. The highest BCUT2D eigenvalue weighted by atomic mass is 18.2. The number of carboxylic acids is 1. The summed E-state index contributed by atoms with van der Waals surface area (Å²) in [4.78, 5) is 91.4. The Morgan fingerprint density at radius 1 is 0.803 bits per heavy atom. The number of aromatic hydroxyl groups is 1. The van der Waals surface area contributed by atoms with Gasteiger partial charge in [0.05, 0.1) is 6.04 Å². The van der Waals surface area contributed by atoms with Crippen LogP contribution < -0.4 is 49.5 Å². The van der Waals surface area contributed by atoms with Crippen LogP contribution in [0.25, 0.3) is 0 Å². The summed E-state index contributed by atoms with van der Waals surface area (Å²) in [5.41, 5.74) is 22.9. The van der Waals surface area contributed by atoms with Crippen molar-refractivity contribution < 1.29 is 43.4 Å². The summed E-state index contributed by atoms with van der Waals surface area (Å²) < 4.78 is 13.6. The van der Waals surface area contributed by atoms with Crippen LogP contribution in [-0.2, 0) is 30.4 Å². The number of benzene rings is 2. The van der Waals surface area contributed by atoms with Gasteiger partial charge >= 0.3 is 5.97 Å². The zero-order valence-electron chi connectivity index (χ0n) is 38.3. The van der Waals surface area contributed by atoms with Crippen molar-refractivity contribution in [3.05, 3.63) is 65.5 Å². The van der Waals surface area contributed by atoms with E-state index in [1.54, 1.807) is 19.1 Å². The minimum Gasteiger partial charge on any atom is -0.508 e. The van der Waals surface area contributed by atoms with Gasteiger partial charge in [-0.2, -0.15) is 0 Å². The van der Waals surface area contributed by atoms with Gasteiger partial charge in [0.2, 0.25) is 23.6 Å². The number of halogens is 1. The third kappa shape index (κ3) is 18.2. The van der Waals surface area contributed by atoms with E-state index >= 15 is 0 Å². The number of nitrogens with two attached hydrogens (primary N) is 4. The fourth-order valence-corrected chi connectivity index (χ4v) is 7.50. The molecule has 1 saturated heterocycles. The molecule has 66 heavy (non-hydrogen) atoms. The first-order valence-corrected chi connectivity index (χ1v) is 22.4. The summed E-state index contributed by atoms with van der Waals surface area (Å²) in [5.74, 6) is -5.30. The van der Waals surface area contributed by atoms with E-state index in [9.17, 15) is 43.4 Å². The zero-order valence-corrected chi connectivity index (χ0v) is 38.3. The number of phenolic OH excluding ortho intramolecular Hbond substituents is 1. The van der Waals surface area contributed by atoms with Gasteiger partial charge in [0, 0.05) is 44.2 Å². The summed E-state index contributed by atoms with van der Waals surface area (Å²) in [7, 11) is 0. The van der Waals surface area contributed by atoms with Gasteiger partial charge in [-0.05, 0) is 98.7 Å².